The normalized spacial score (nSPS) is 10.8. The van der Waals surface area contributed by atoms with Crippen molar-refractivity contribution in [2.45, 2.75) is 5.22 Å². The van der Waals surface area contributed by atoms with Gasteiger partial charge in [-0.1, -0.05) is 46.6 Å². The molecule has 0 aliphatic rings. The van der Waals surface area contributed by atoms with Crippen molar-refractivity contribution in [2.24, 2.45) is 0 Å². The van der Waals surface area contributed by atoms with E-state index in [0.29, 0.717) is 26.5 Å². The summed E-state index contributed by atoms with van der Waals surface area (Å²) in [5, 5.41) is 11.5. The zero-order valence-corrected chi connectivity index (χ0v) is 14.8. The number of amides is 1. The summed E-state index contributed by atoms with van der Waals surface area (Å²) in [4.78, 5) is 12.0. The molecule has 1 N–H and O–H groups in total. The minimum absolute atomic E-state index is 0.0519. The molecule has 3 aromatic rings. The van der Waals surface area contributed by atoms with E-state index in [1.165, 1.54) is 18.4 Å². The van der Waals surface area contributed by atoms with Gasteiger partial charge in [-0.2, -0.15) is 0 Å². The number of carbonyl (C=O) groups is 1. The molecule has 0 aliphatic heterocycles. The van der Waals surface area contributed by atoms with Gasteiger partial charge in [0.25, 0.3) is 11.1 Å². The second-order valence-electron chi connectivity index (χ2n) is 4.43. The molecule has 1 aromatic carbocycles. The summed E-state index contributed by atoms with van der Waals surface area (Å²) >= 11 is 18.8. The van der Waals surface area contributed by atoms with Crippen LogP contribution in [-0.4, -0.2) is 21.9 Å². The van der Waals surface area contributed by atoms with Crippen LogP contribution in [0.4, 0.5) is 5.69 Å². The van der Waals surface area contributed by atoms with Crippen molar-refractivity contribution >= 4 is 58.2 Å². The van der Waals surface area contributed by atoms with Gasteiger partial charge < -0.3 is 14.2 Å². The van der Waals surface area contributed by atoms with Crippen molar-refractivity contribution in [3.8, 4) is 11.7 Å². The molecule has 10 heteroatoms. The molecule has 0 bridgehead atoms. The predicted octanol–water partition coefficient (Wildman–Crippen LogP) is 5.02. The summed E-state index contributed by atoms with van der Waals surface area (Å²) in [6.07, 6.45) is 1.50. The lowest BCUT2D eigenvalue weighted by molar-refractivity contribution is -0.113. The maximum atomic E-state index is 12.0. The number of thioether (sulfide) groups is 1. The van der Waals surface area contributed by atoms with Crippen molar-refractivity contribution in [3.05, 3.63) is 45.6 Å². The van der Waals surface area contributed by atoms with Crippen molar-refractivity contribution in [2.75, 3.05) is 11.1 Å². The highest BCUT2D eigenvalue weighted by atomic mass is 35.5. The van der Waals surface area contributed by atoms with Crippen LogP contribution in [0.25, 0.3) is 11.7 Å². The fourth-order valence-corrected chi connectivity index (χ4v) is 2.86. The molecule has 0 radical (unpaired) electrons. The van der Waals surface area contributed by atoms with E-state index < -0.39 is 0 Å². The lowest BCUT2D eigenvalue weighted by Crippen LogP contribution is -2.14. The highest BCUT2D eigenvalue weighted by molar-refractivity contribution is 7.99. The number of nitrogens with zero attached hydrogens (tertiary/aromatic N) is 2. The van der Waals surface area contributed by atoms with Gasteiger partial charge in [-0.15, -0.1) is 10.2 Å². The van der Waals surface area contributed by atoms with E-state index >= 15 is 0 Å². The first-order valence-corrected chi connectivity index (χ1v) is 8.59. The fraction of sp³-hybridized carbons (Fsp3) is 0.0714. The van der Waals surface area contributed by atoms with E-state index in [9.17, 15) is 4.79 Å². The SMILES string of the molecule is O=C(CSc1nnc(-c2ccco2)o1)Nc1cc(Cl)c(Cl)cc1Cl. The molecule has 2 aromatic heterocycles. The van der Waals surface area contributed by atoms with E-state index in [1.54, 1.807) is 12.1 Å². The first kappa shape index (κ1) is 17.2. The second-order valence-corrected chi connectivity index (χ2v) is 6.58. The average Bonchev–Trinajstić information content (AvgIpc) is 3.21. The summed E-state index contributed by atoms with van der Waals surface area (Å²) in [7, 11) is 0. The molecule has 0 spiro atoms. The molecule has 1 amide bonds. The van der Waals surface area contributed by atoms with Crippen LogP contribution in [0.15, 0.2) is 44.6 Å². The van der Waals surface area contributed by atoms with Gasteiger partial charge in [-0.25, -0.2) is 0 Å². The molecule has 2 heterocycles. The highest BCUT2D eigenvalue weighted by Gasteiger charge is 2.14. The maximum Gasteiger partial charge on any atom is 0.284 e. The Hall–Kier alpha value is -1.67. The van der Waals surface area contributed by atoms with Gasteiger partial charge in [0.1, 0.15) is 0 Å². The third kappa shape index (κ3) is 4.05. The Morgan fingerprint density at radius 2 is 1.96 bits per heavy atom. The summed E-state index contributed by atoms with van der Waals surface area (Å²) < 4.78 is 10.5. The Balaban J connectivity index is 1.59. The van der Waals surface area contributed by atoms with E-state index in [-0.39, 0.29) is 22.8 Å². The smallest absolute Gasteiger partial charge is 0.284 e. The van der Waals surface area contributed by atoms with Gasteiger partial charge in [0.2, 0.25) is 5.91 Å². The molecular weight excluding hydrogens is 397 g/mol. The number of furan rings is 1. The number of aromatic nitrogens is 2. The Labute approximate surface area is 155 Å². The summed E-state index contributed by atoms with van der Waals surface area (Å²) in [5.41, 5.74) is 0.374. The molecular formula is C14H8Cl3N3O3S. The second kappa shape index (κ2) is 7.48. The number of hydrogen-bond acceptors (Lipinski definition) is 6. The van der Waals surface area contributed by atoms with Crippen molar-refractivity contribution in [1.29, 1.82) is 0 Å². The van der Waals surface area contributed by atoms with Crippen LogP contribution >= 0.6 is 46.6 Å². The minimum Gasteiger partial charge on any atom is -0.459 e. The molecule has 0 aliphatic carbocycles. The van der Waals surface area contributed by atoms with Gasteiger partial charge in [-0.05, 0) is 24.3 Å². The summed E-state index contributed by atoms with van der Waals surface area (Å²) in [5.74, 6) is 0.450. The topological polar surface area (TPSA) is 81.2 Å². The van der Waals surface area contributed by atoms with Crippen LogP contribution in [0.2, 0.25) is 15.1 Å². The van der Waals surface area contributed by atoms with E-state index in [0.717, 1.165) is 11.8 Å². The molecule has 6 nitrogen and oxygen atoms in total. The van der Waals surface area contributed by atoms with Gasteiger partial charge in [0.15, 0.2) is 5.76 Å². The van der Waals surface area contributed by atoms with E-state index in [4.69, 9.17) is 43.6 Å². The van der Waals surface area contributed by atoms with Crippen molar-refractivity contribution in [1.82, 2.24) is 10.2 Å². The third-order valence-electron chi connectivity index (χ3n) is 2.75. The summed E-state index contributed by atoms with van der Waals surface area (Å²) in [6, 6.07) is 6.35. The van der Waals surface area contributed by atoms with Crippen molar-refractivity contribution in [3.63, 3.8) is 0 Å². The first-order chi connectivity index (χ1) is 11.5. The van der Waals surface area contributed by atoms with Gasteiger partial charge in [-0.3, -0.25) is 4.79 Å². The molecule has 124 valence electrons. The van der Waals surface area contributed by atoms with Gasteiger partial charge in [0.05, 0.1) is 32.8 Å². The number of benzene rings is 1. The average molecular weight is 405 g/mol. The Morgan fingerprint density at radius 1 is 1.17 bits per heavy atom. The van der Waals surface area contributed by atoms with Gasteiger partial charge in [0, 0.05) is 0 Å². The zero-order valence-electron chi connectivity index (χ0n) is 11.8. The minimum atomic E-state index is -0.307. The fourth-order valence-electron chi connectivity index (χ4n) is 1.70. The predicted molar refractivity (Wildman–Crippen MR) is 92.8 cm³/mol. The summed E-state index contributed by atoms with van der Waals surface area (Å²) in [6.45, 7) is 0. The molecule has 24 heavy (non-hydrogen) atoms. The van der Waals surface area contributed by atoms with Crippen LogP contribution in [0.3, 0.4) is 0 Å². The molecule has 0 atom stereocenters. The van der Waals surface area contributed by atoms with E-state index in [1.807, 2.05) is 0 Å². The maximum absolute atomic E-state index is 12.0. The zero-order chi connectivity index (χ0) is 17.1. The van der Waals surface area contributed by atoms with Crippen LogP contribution < -0.4 is 5.32 Å². The molecule has 0 unspecified atom stereocenters. The van der Waals surface area contributed by atoms with Crippen LogP contribution in [0, 0.1) is 0 Å². The number of carbonyl (C=O) groups excluding carboxylic acids is 1. The number of anilines is 1. The quantitative estimate of drug-likeness (QED) is 0.475. The number of hydrogen-bond donors (Lipinski definition) is 1. The van der Waals surface area contributed by atoms with Crippen LogP contribution in [-0.2, 0) is 4.79 Å². The monoisotopic (exact) mass is 403 g/mol. The Bertz CT molecular complexity index is 868. The molecule has 0 fully saturated rings. The largest absolute Gasteiger partial charge is 0.459 e. The number of halogens is 3. The standard InChI is InChI=1S/C14H8Cl3N3O3S/c15-7-4-9(17)10(5-8(7)16)18-12(21)6-24-14-20-19-13(23-14)11-2-1-3-22-11/h1-5H,6H2,(H,18,21). The van der Waals surface area contributed by atoms with E-state index in [2.05, 4.69) is 15.5 Å². The number of rotatable bonds is 5. The first-order valence-electron chi connectivity index (χ1n) is 6.47. The number of nitrogens with one attached hydrogen (secondary N) is 1. The van der Waals surface area contributed by atoms with Gasteiger partial charge >= 0.3 is 0 Å². The molecule has 0 saturated heterocycles. The van der Waals surface area contributed by atoms with Crippen LogP contribution in [0.1, 0.15) is 0 Å². The molecule has 3 rings (SSSR count). The lowest BCUT2D eigenvalue weighted by Gasteiger charge is -2.07. The Morgan fingerprint density at radius 3 is 2.71 bits per heavy atom. The third-order valence-corrected chi connectivity index (χ3v) is 4.60. The molecule has 0 saturated carbocycles. The van der Waals surface area contributed by atoms with Crippen molar-refractivity contribution < 1.29 is 13.6 Å². The lowest BCUT2D eigenvalue weighted by atomic mass is 10.3. The highest BCUT2D eigenvalue weighted by Crippen LogP contribution is 2.32. The van der Waals surface area contributed by atoms with Crippen LogP contribution in [0.5, 0.6) is 0 Å². The Kier molecular flexibility index (Phi) is 5.35.